The summed E-state index contributed by atoms with van der Waals surface area (Å²) in [7, 11) is 0. The predicted molar refractivity (Wildman–Crippen MR) is 64.1 cm³/mol. The van der Waals surface area contributed by atoms with E-state index in [1.165, 1.54) is 0 Å². The Morgan fingerprint density at radius 1 is 1.59 bits per heavy atom. The zero-order chi connectivity index (χ0) is 12.3. The highest BCUT2D eigenvalue weighted by Crippen LogP contribution is 2.29. The molecule has 5 heteroatoms. The molecule has 0 amide bonds. The van der Waals surface area contributed by atoms with E-state index in [-0.39, 0.29) is 18.1 Å². The molecule has 2 aliphatic heterocycles. The molecule has 1 unspecified atom stereocenters. The molecule has 2 heterocycles. The minimum atomic E-state index is -0.704. The first-order chi connectivity index (χ1) is 8.16. The molecule has 0 aromatic rings. The second-order valence-corrected chi connectivity index (χ2v) is 5.06. The fourth-order valence-corrected chi connectivity index (χ4v) is 2.90. The molecular weight excluding hydrogens is 220 g/mol. The average Bonchev–Trinajstić information content (AvgIpc) is 2.24. The van der Waals surface area contributed by atoms with E-state index in [9.17, 15) is 4.79 Å². The summed E-state index contributed by atoms with van der Waals surface area (Å²) in [6.45, 7) is 6.21. The summed E-state index contributed by atoms with van der Waals surface area (Å²) in [5.41, 5.74) is -0.165. The third-order valence-electron chi connectivity index (χ3n) is 3.84. The Kier molecular flexibility index (Phi) is 4.01. The van der Waals surface area contributed by atoms with Gasteiger partial charge in [-0.05, 0) is 26.3 Å². The second kappa shape index (κ2) is 5.33. The Labute approximate surface area is 102 Å². The Morgan fingerprint density at radius 2 is 2.35 bits per heavy atom. The standard InChI is InChI=1S/C12H22N2O3/c1-2-17-10-4-3-5-14(7-10)12(6-11(15)16)8-13-9-12/h10,13H,2-9H2,1H3,(H,15,16). The minimum Gasteiger partial charge on any atom is -0.481 e. The third kappa shape index (κ3) is 2.78. The van der Waals surface area contributed by atoms with Gasteiger partial charge in [-0.25, -0.2) is 0 Å². The van der Waals surface area contributed by atoms with Crippen LogP contribution in [0.15, 0.2) is 0 Å². The predicted octanol–water partition coefficient (Wildman–Crippen LogP) is 0.304. The van der Waals surface area contributed by atoms with Crippen molar-refractivity contribution in [2.24, 2.45) is 0 Å². The van der Waals surface area contributed by atoms with Gasteiger partial charge >= 0.3 is 5.97 Å². The van der Waals surface area contributed by atoms with Crippen LogP contribution in [0.5, 0.6) is 0 Å². The molecule has 2 aliphatic rings. The number of carboxylic acid groups (broad SMARTS) is 1. The molecule has 0 saturated carbocycles. The van der Waals surface area contributed by atoms with Crippen molar-refractivity contribution < 1.29 is 14.6 Å². The number of nitrogens with zero attached hydrogens (tertiary/aromatic N) is 1. The molecule has 5 nitrogen and oxygen atoms in total. The highest BCUT2D eigenvalue weighted by atomic mass is 16.5. The maximum absolute atomic E-state index is 11.0. The maximum Gasteiger partial charge on any atom is 0.305 e. The molecule has 0 radical (unpaired) electrons. The van der Waals surface area contributed by atoms with E-state index in [0.717, 1.165) is 45.6 Å². The molecule has 17 heavy (non-hydrogen) atoms. The summed E-state index contributed by atoms with van der Waals surface area (Å²) in [5.74, 6) is -0.704. The molecule has 0 bridgehead atoms. The quantitative estimate of drug-likeness (QED) is 0.726. The number of rotatable bonds is 5. The number of likely N-dealkylation sites (tertiary alicyclic amines) is 1. The van der Waals surface area contributed by atoms with Crippen LogP contribution < -0.4 is 5.32 Å². The van der Waals surface area contributed by atoms with Gasteiger partial charge in [0.1, 0.15) is 0 Å². The molecule has 1 atom stereocenters. The lowest BCUT2D eigenvalue weighted by atomic mass is 9.84. The van der Waals surface area contributed by atoms with Crippen molar-refractivity contribution in [3.05, 3.63) is 0 Å². The summed E-state index contributed by atoms with van der Waals surface area (Å²) >= 11 is 0. The average molecular weight is 242 g/mol. The van der Waals surface area contributed by atoms with Crippen LogP contribution in [0.4, 0.5) is 0 Å². The minimum absolute atomic E-state index is 0.165. The van der Waals surface area contributed by atoms with Crippen molar-refractivity contribution in [1.29, 1.82) is 0 Å². The fourth-order valence-electron chi connectivity index (χ4n) is 2.90. The summed E-state index contributed by atoms with van der Waals surface area (Å²) < 4.78 is 5.67. The largest absolute Gasteiger partial charge is 0.481 e. The Hall–Kier alpha value is -0.650. The Balaban J connectivity index is 1.96. The molecule has 2 rings (SSSR count). The smallest absolute Gasteiger partial charge is 0.305 e. The van der Waals surface area contributed by atoms with Crippen molar-refractivity contribution in [3.63, 3.8) is 0 Å². The number of ether oxygens (including phenoxy) is 1. The SMILES string of the molecule is CCOC1CCCN(C2(CC(=O)O)CNC2)C1. The molecule has 0 aromatic heterocycles. The fraction of sp³-hybridized carbons (Fsp3) is 0.917. The van der Waals surface area contributed by atoms with Crippen molar-refractivity contribution in [2.45, 2.75) is 37.8 Å². The number of carbonyl (C=O) groups is 1. The maximum atomic E-state index is 11.0. The van der Waals surface area contributed by atoms with Gasteiger partial charge in [0.25, 0.3) is 0 Å². The summed E-state index contributed by atoms with van der Waals surface area (Å²) in [6.07, 6.45) is 2.71. The molecule has 0 aromatic carbocycles. The first kappa shape index (κ1) is 12.8. The van der Waals surface area contributed by atoms with E-state index < -0.39 is 5.97 Å². The Bertz CT molecular complexity index is 277. The van der Waals surface area contributed by atoms with Crippen LogP contribution in [-0.4, -0.2) is 60.4 Å². The van der Waals surface area contributed by atoms with Gasteiger partial charge in [-0.3, -0.25) is 9.69 Å². The zero-order valence-electron chi connectivity index (χ0n) is 10.4. The monoisotopic (exact) mass is 242 g/mol. The van der Waals surface area contributed by atoms with Gasteiger partial charge < -0.3 is 15.2 Å². The van der Waals surface area contributed by atoms with E-state index in [1.54, 1.807) is 0 Å². The molecular formula is C12H22N2O3. The molecule has 98 valence electrons. The van der Waals surface area contributed by atoms with E-state index in [4.69, 9.17) is 9.84 Å². The van der Waals surface area contributed by atoms with Gasteiger partial charge in [0.15, 0.2) is 0 Å². The van der Waals surface area contributed by atoms with Crippen LogP contribution >= 0.6 is 0 Å². The summed E-state index contributed by atoms with van der Waals surface area (Å²) in [5, 5.41) is 12.2. The third-order valence-corrected chi connectivity index (χ3v) is 3.84. The first-order valence-electron chi connectivity index (χ1n) is 6.45. The van der Waals surface area contributed by atoms with Crippen LogP contribution in [0, 0.1) is 0 Å². The highest BCUT2D eigenvalue weighted by Gasteiger charge is 2.45. The highest BCUT2D eigenvalue weighted by molar-refractivity contribution is 5.68. The number of hydrogen-bond donors (Lipinski definition) is 2. The summed E-state index contributed by atoms with van der Waals surface area (Å²) in [6, 6.07) is 0. The van der Waals surface area contributed by atoms with E-state index in [1.807, 2.05) is 6.92 Å². The molecule has 0 aliphatic carbocycles. The van der Waals surface area contributed by atoms with Crippen LogP contribution in [0.25, 0.3) is 0 Å². The second-order valence-electron chi connectivity index (χ2n) is 5.06. The van der Waals surface area contributed by atoms with Gasteiger partial charge in [-0.1, -0.05) is 0 Å². The number of aliphatic carboxylic acids is 1. The van der Waals surface area contributed by atoms with Crippen molar-refractivity contribution in [3.8, 4) is 0 Å². The van der Waals surface area contributed by atoms with Crippen LogP contribution in [0.2, 0.25) is 0 Å². The first-order valence-corrected chi connectivity index (χ1v) is 6.45. The topological polar surface area (TPSA) is 61.8 Å². The van der Waals surface area contributed by atoms with Crippen molar-refractivity contribution >= 4 is 5.97 Å². The van der Waals surface area contributed by atoms with Crippen LogP contribution in [0.3, 0.4) is 0 Å². The van der Waals surface area contributed by atoms with Crippen molar-refractivity contribution in [2.75, 3.05) is 32.8 Å². The summed E-state index contributed by atoms with van der Waals surface area (Å²) in [4.78, 5) is 13.3. The van der Waals surface area contributed by atoms with Crippen molar-refractivity contribution in [1.82, 2.24) is 10.2 Å². The van der Waals surface area contributed by atoms with Gasteiger partial charge in [0, 0.05) is 26.2 Å². The Morgan fingerprint density at radius 3 is 2.88 bits per heavy atom. The molecule has 2 fully saturated rings. The van der Waals surface area contributed by atoms with E-state index >= 15 is 0 Å². The number of nitrogens with one attached hydrogen (secondary N) is 1. The lowest BCUT2D eigenvalue weighted by Gasteiger charge is -2.52. The lowest BCUT2D eigenvalue weighted by Crippen LogP contribution is -2.71. The normalized spacial score (nSPS) is 28.6. The number of piperidine rings is 1. The number of hydrogen-bond acceptors (Lipinski definition) is 4. The lowest BCUT2D eigenvalue weighted by molar-refractivity contribution is -0.143. The molecule has 2 saturated heterocycles. The van der Waals surface area contributed by atoms with Gasteiger partial charge in [-0.2, -0.15) is 0 Å². The van der Waals surface area contributed by atoms with E-state index in [2.05, 4.69) is 10.2 Å². The van der Waals surface area contributed by atoms with Gasteiger partial charge in [-0.15, -0.1) is 0 Å². The zero-order valence-corrected chi connectivity index (χ0v) is 10.4. The molecule has 0 spiro atoms. The van der Waals surface area contributed by atoms with Gasteiger partial charge in [0.05, 0.1) is 18.1 Å². The van der Waals surface area contributed by atoms with E-state index in [0.29, 0.717) is 0 Å². The van der Waals surface area contributed by atoms with Gasteiger partial charge in [0.2, 0.25) is 0 Å². The van der Waals surface area contributed by atoms with Crippen LogP contribution in [-0.2, 0) is 9.53 Å². The molecule has 2 N–H and O–H groups in total. The number of carboxylic acids is 1. The van der Waals surface area contributed by atoms with Crippen LogP contribution in [0.1, 0.15) is 26.2 Å².